The van der Waals surface area contributed by atoms with Crippen molar-refractivity contribution in [2.45, 2.75) is 26.1 Å². The Balaban J connectivity index is 2.49. The quantitative estimate of drug-likeness (QED) is 0.750. The minimum Gasteiger partial charge on any atom is -0.467 e. The first-order valence-electron chi connectivity index (χ1n) is 4.52. The highest BCUT2D eigenvalue weighted by Gasteiger charge is 2.37. The number of carbonyl (C=O) groups excluding carboxylic acids is 1. The van der Waals surface area contributed by atoms with Crippen LogP contribution in [0.3, 0.4) is 0 Å². The van der Waals surface area contributed by atoms with E-state index in [9.17, 15) is 18.0 Å². The molecule has 0 N–H and O–H groups in total. The van der Waals surface area contributed by atoms with Crippen molar-refractivity contribution < 1.29 is 22.4 Å². The van der Waals surface area contributed by atoms with Gasteiger partial charge in [0.15, 0.2) is 0 Å². The molecule has 0 saturated carbocycles. The van der Waals surface area contributed by atoms with Crippen LogP contribution in [0.25, 0.3) is 0 Å². The minimum atomic E-state index is -4.79. The lowest BCUT2D eigenvalue weighted by Gasteiger charge is -2.04. The van der Waals surface area contributed by atoms with Gasteiger partial charge in [0.05, 0.1) is 19.2 Å². The van der Waals surface area contributed by atoms with Gasteiger partial charge in [0.25, 0.3) is 0 Å². The van der Waals surface area contributed by atoms with Crippen molar-refractivity contribution in [3.8, 4) is 0 Å². The summed E-state index contributed by atoms with van der Waals surface area (Å²) in [5, 5.41) is 0. The molecule has 1 aromatic rings. The summed E-state index contributed by atoms with van der Waals surface area (Å²) in [5.74, 6) is -1.24. The Morgan fingerprint density at radius 2 is 2.19 bits per heavy atom. The number of alkyl halides is 3. The second kappa shape index (κ2) is 4.96. The van der Waals surface area contributed by atoms with Crippen LogP contribution in [0.15, 0.2) is 27.8 Å². The van der Waals surface area contributed by atoms with Crippen LogP contribution >= 0.6 is 0 Å². The molecule has 0 aliphatic rings. The zero-order valence-electron chi connectivity index (χ0n) is 8.54. The van der Waals surface area contributed by atoms with E-state index in [1.54, 1.807) is 12.1 Å². The number of Topliss-reactive ketones (excluding diaryl/α,β-unsaturated/α-hetero) is 1. The number of aliphatic imine (C=N–C) groups is 1. The normalized spacial score (nSPS) is 12.9. The molecule has 0 unspecified atom stereocenters. The SMILES string of the molecule is CC(CC(=O)C(F)(F)F)=NCc1ccco1. The number of furan rings is 1. The summed E-state index contributed by atoms with van der Waals surface area (Å²) in [6, 6.07) is 3.31. The molecule has 0 amide bonds. The number of carbonyl (C=O) groups is 1. The Morgan fingerprint density at radius 3 is 2.69 bits per heavy atom. The Kier molecular flexibility index (Phi) is 3.87. The summed E-state index contributed by atoms with van der Waals surface area (Å²) >= 11 is 0. The standard InChI is InChI=1S/C10H10F3NO2/c1-7(5-9(15)10(11,12)13)14-6-8-3-2-4-16-8/h2-4H,5-6H2,1H3. The number of hydrogen-bond acceptors (Lipinski definition) is 3. The first-order valence-corrected chi connectivity index (χ1v) is 4.52. The molecule has 0 aromatic carbocycles. The predicted octanol–water partition coefficient (Wildman–Crippen LogP) is 2.76. The van der Waals surface area contributed by atoms with Gasteiger partial charge in [-0.1, -0.05) is 0 Å². The minimum absolute atomic E-state index is 0.138. The number of nitrogens with zero attached hydrogens (tertiary/aromatic N) is 1. The Labute approximate surface area is 90.0 Å². The van der Waals surface area contributed by atoms with E-state index in [-0.39, 0.29) is 12.3 Å². The summed E-state index contributed by atoms with van der Waals surface area (Å²) in [7, 11) is 0. The van der Waals surface area contributed by atoms with Crippen molar-refractivity contribution in [2.24, 2.45) is 4.99 Å². The fraction of sp³-hybridized carbons (Fsp3) is 0.400. The lowest BCUT2D eigenvalue weighted by molar-refractivity contribution is -0.169. The zero-order chi connectivity index (χ0) is 12.2. The summed E-state index contributed by atoms with van der Waals surface area (Å²) in [5.41, 5.74) is 0.138. The molecule has 1 aromatic heterocycles. The van der Waals surface area contributed by atoms with Gasteiger partial charge in [-0.2, -0.15) is 13.2 Å². The van der Waals surface area contributed by atoms with Crippen molar-refractivity contribution >= 4 is 11.5 Å². The highest BCUT2D eigenvalue weighted by molar-refractivity contribution is 6.03. The van der Waals surface area contributed by atoms with Crippen molar-refractivity contribution in [3.63, 3.8) is 0 Å². The first-order chi connectivity index (χ1) is 7.39. The molecule has 0 bridgehead atoms. The van der Waals surface area contributed by atoms with E-state index in [0.29, 0.717) is 5.76 Å². The average molecular weight is 233 g/mol. The van der Waals surface area contributed by atoms with E-state index in [0.717, 1.165) is 0 Å². The van der Waals surface area contributed by atoms with E-state index in [1.165, 1.54) is 13.2 Å². The first kappa shape index (κ1) is 12.5. The number of hydrogen-bond donors (Lipinski definition) is 0. The molecule has 1 heterocycles. The highest BCUT2D eigenvalue weighted by Crippen LogP contribution is 2.18. The number of rotatable bonds is 4. The van der Waals surface area contributed by atoms with E-state index in [1.807, 2.05) is 0 Å². The third-order valence-electron chi connectivity index (χ3n) is 1.82. The summed E-state index contributed by atoms with van der Waals surface area (Å²) in [4.78, 5) is 14.4. The highest BCUT2D eigenvalue weighted by atomic mass is 19.4. The lowest BCUT2D eigenvalue weighted by atomic mass is 10.2. The second-order valence-electron chi connectivity index (χ2n) is 3.23. The summed E-state index contributed by atoms with van der Waals surface area (Å²) in [6.45, 7) is 1.52. The molecule has 1 rings (SSSR count). The van der Waals surface area contributed by atoms with Crippen molar-refractivity contribution in [2.75, 3.05) is 0 Å². The van der Waals surface area contributed by atoms with Gasteiger partial charge in [0, 0.05) is 5.71 Å². The van der Waals surface area contributed by atoms with E-state index >= 15 is 0 Å². The number of halogens is 3. The van der Waals surface area contributed by atoms with Gasteiger partial charge in [0.2, 0.25) is 5.78 Å². The van der Waals surface area contributed by atoms with Crippen molar-refractivity contribution in [1.29, 1.82) is 0 Å². The molecular weight excluding hydrogens is 223 g/mol. The molecule has 0 radical (unpaired) electrons. The van der Waals surface area contributed by atoms with Crippen LogP contribution < -0.4 is 0 Å². The summed E-state index contributed by atoms with van der Waals surface area (Å²) < 4.78 is 40.6. The molecule has 0 aliphatic carbocycles. The maximum atomic E-state index is 11.9. The Hall–Kier alpha value is -1.59. The molecule has 0 saturated heterocycles. The Morgan fingerprint density at radius 1 is 1.50 bits per heavy atom. The molecule has 0 fully saturated rings. The molecule has 88 valence electrons. The predicted molar refractivity (Wildman–Crippen MR) is 51.2 cm³/mol. The van der Waals surface area contributed by atoms with Gasteiger partial charge in [-0.15, -0.1) is 0 Å². The average Bonchev–Trinajstić information content (AvgIpc) is 2.65. The van der Waals surface area contributed by atoms with Gasteiger partial charge in [-0.3, -0.25) is 9.79 Å². The number of ketones is 1. The molecule has 3 nitrogen and oxygen atoms in total. The van der Waals surface area contributed by atoms with E-state index in [2.05, 4.69) is 4.99 Å². The third kappa shape index (κ3) is 3.88. The van der Waals surface area contributed by atoms with Gasteiger partial charge in [-0.25, -0.2) is 0 Å². The van der Waals surface area contributed by atoms with Crippen LogP contribution in [-0.2, 0) is 11.3 Å². The van der Waals surface area contributed by atoms with E-state index < -0.39 is 18.4 Å². The largest absolute Gasteiger partial charge is 0.467 e. The second-order valence-corrected chi connectivity index (χ2v) is 3.23. The fourth-order valence-corrected chi connectivity index (χ4v) is 1.00. The van der Waals surface area contributed by atoms with Crippen LogP contribution in [0.5, 0.6) is 0 Å². The van der Waals surface area contributed by atoms with Crippen LogP contribution in [0.4, 0.5) is 13.2 Å². The maximum Gasteiger partial charge on any atom is 0.450 e. The van der Waals surface area contributed by atoms with E-state index in [4.69, 9.17) is 4.42 Å². The van der Waals surface area contributed by atoms with Crippen LogP contribution in [-0.4, -0.2) is 17.7 Å². The molecular formula is C10H10F3NO2. The molecule has 0 aliphatic heterocycles. The van der Waals surface area contributed by atoms with Crippen molar-refractivity contribution in [1.82, 2.24) is 0 Å². The summed E-state index contributed by atoms with van der Waals surface area (Å²) in [6.07, 6.45) is -4.05. The molecule has 6 heteroatoms. The van der Waals surface area contributed by atoms with Gasteiger partial charge in [-0.05, 0) is 19.1 Å². The molecule has 16 heavy (non-hydrogen) atoms. The zero-order valence-corrected chi connectivity index (χ0v) is 8.54. The van der Waals surface area contributed by atoms with Crippen molar-refractivity contribution in [3.05, 3.63) is 24.2 Å². The van der Waals surface area contributed by atoms with Gasteiger partial charge >= 0.3 is 6.18 Å². The lowest BCUT2D eigenvalue weighted by Crippen LogP contribution is -2.24. The fourth-order valence-electron chi connectivity index (χ4n) is 1.00. The Bertz CT molecular complexity index is 379. The molecule has 0 atom stereocenters. The van der Waals surface area contributed by atoms with Crippen LogP contribution in [0.2, 0.25) is 0 Å². The maximum absolute atomic E-state index is 11.9. The molecule has 0 spiro atoms. The van der Waals surface area contributed by atoms with Crippen LogP contribution in [0, 0.1) is 0 Å². The topological polar surface area (TPSA) is 42.6 Å². The van der Waals surface area contributed by atoms with Gasteiger partial charge in [0.1, 0.15) is 5.76 Å². The van der Waals surface area contributed by atoms with Crippen LogP contribution in [0.1, 0.15) is 19.1 Å². The smallest absolute Gasteiger partial charge is 0.450 e. The van der Waals surface area contributed by atoms with Gasteiger partial charge < -0.3 is 4.42 Å². The third-order valence-corrected chi connectivity index (χ3v) is 1.82. The monoisotopic (exact) mass is 233 g/mol.